The Hall–Kier alpha value is -0.190. The van der Waals surface area contributed by atoms with E-state index in [9.17, 15) is 4.79 Å². The fourth-order valence-electron chi connectivity index (χ4n) is 1.86. The highest BCUT2D eigenvalue weighted by Gasteiger charge is 2.18. The molecule has 0 radical (unpaired) electrons. The van der Waals surface area contributed by atoms with Crippen LogP contribution in [-0.2, 0) is 11.2 Å². The van der Waals surface area contributed by atoms with Gasteiger partial charge in [-0.1, -0.05) is 20.8 Å². The topological polar surface area (TPSA) is 43.1 Å². The third-order valence-electron chi connectivity index (χ3n) is 2.36. The van der Waals surface area contributed by atoms with E-state index in [1.165, 1.54) is 0 Å². The molecule has 1 aromatic heterocycles. The van der Waals surface area contributed by atoms with Crippen LogP contribution in [0.25, 0.3) is 0 Å². The van der Waals surface area contributed by atoms with E-state index in [4.69, 9.17) is 5.73 Å². The zero-order valence-corrected chi connectivity index (χ0v) is 13.0. The summed E-state index contributed by atoms with van der Waals surface area (Å²) in [7, 11) is 0. The summed E-state index contributed by atoms with van der Waals surface area (Å²) in [6.07, 6.45) is 1.87. The Morgan fingerprint density at radius 2 is 2.18 bits per heavy atom. The predicted molar refractivity (Wildman–Crippen MR) is 77.4 cm³/mol. The molecule has 1 aromatic rings. The molecule has 96 valence electrons. The summed E-state index contributed by atoms with van der Waals surface area (Å²) >= 11 is 5.00. The van der Waals surface area contributed by atoms with Gasteiger partial charge < -0.3 is 5.73 Å². The summed E-state index contributed by atoms with van der Waals surface area (Å²) in [5, 5.41) is 2.00. The van der Waals surface area contributed by atoms with Crippen LogP contribution >= 0.6 is 27.3 Å². The van der Waals surface area contributed by atoms with Crippen LogP contribution in [0.2, 0.25) is 0 Å². The molecule has 0 saturated carbocycles. The van der Waals surface area contributed by atoms with Crippen LogP contribution in [0, 0.1) is 5.41 Å². The minimum Gasteiger partial charge on any atom is -0.327 e. The number of Topliss-reactive ketones (excluding diaryl/α,β-unsaturated/α-hetero) is 1. The minimum atomic E-state index is -0.0223. The molecule has 0 aliphatic heterocycles. The summed E-state index contributed by atoms with van der Waals surface area (Å²) in [5.41, 5.74) is 6.18. The molecule has 0 amide bonds. The van der Waals surface area contributed by atoms with Gasteiger partial charge in [0, 0.05) is 33.6 Å². The molecule has 1 heterocycles. The van der Waals surface area contributed by atoms with E-state index in [1.807, 2.05) is 11.4 Å². The summed E-state index contributed by atoms with van der Waals surface area (Å²) in [5.74, 6) is 0.233. The first-order valence-corrected chi connectivity index (χ1v) is 7.44. The van der Waals surface area contributed by atoms with Crippen molar-refractivity contribution in [2.45, 2.75) is 46.1 Å². The molecule has 0 fully saturated rings. The fraction of sp³-hybridized carbons (Fsp3) is 0.615. The van der Waals surface area contributed by atoms with Gasteiger partial charge in [0.2, 0.25) is 0 Å². The van der Waals surface area contributed by atoms with Crippen molar-refractivity contribution in [3.63, 3.8) is 0 Å². The number of nitrogens with two attached hydrogens (primary N) is 1. The Morgan fingerprint density at radius 3 is 2.65 bits per heavy atom. The van der Waals surface area contributed by atoms with E-state index < -0.39 is 0 Å². The highest BCUT2D eigenvalue weighted by Crippen LogP contribution is 2.23. The van der Waals surface area contributed by atoms with Gasteiger partial charge in [-0.2, -0.15) is 0 Å². The zero-order chi connectivity index (χ0) is 13.1. The standard InChI is InChI=1S/C13H20BrNOS/c1-13(2,3)7-10(15)5-11(16)6-12-4-9(14)8-17-12/h4,8,10H,5-7,15H2,1-3H3. The number of hydrogen-bond acceptors (Lipinski definition) is 3. The highest BCUT2D eigenvalue weighted by molar-refractivity contribution is 9.10. The van der Waals surface area contributed by atoms with Gasteiger partial charge in [-0.25, -0.2) is 0 Å². The molecule has 2 N–H and O–H groups in total. The van der Waals surface area contributed by atoms with Crippen LogP contribution in [0.1, 0.15) is 38.5 Å². The lowest BCUT2D eigenvalue weighted by atomic mass is 9.86. The molecule has 0 spiro atoms. The second-order valence-electron chi connectivity index (χ2n) is 5.68. The Bertz CT molecular complexity index is 381. The molecular weight excluding hydrogens is 298 g/mol. The van der Waals surface area contributed by atoms with Gasteiger partial charge in [-0.05, 0) is 33.8 Å². The van der Waals surface area contributed by atoms with Crippen molar-refractivity contribution in [1.82, 2.24) is 0 Å². The summed E-state index contributed by atoms with van der Waals surface area (Å²) in [6.45, 7) is 6.44. The van der Waals surface area contributed by atoms with Gasteiger partial charge in [0.25, 0.3) is 0 Å². The first-order valence-electron chi connectivity index (χ1n) is 5.76. The van der Waals surface area contributed by atoms with E-state index in [2.05, 4.69) is 36.7 Å². The second kappa shape index (κ2) is 6.12. The number of carbonyl (C=O) groups excluding carboxylic acids is 1. The van der Waals surface area contributed by atoms with Gasteiger partial charge in [0.15, 0.2) is 0 Å². The number of ketones is 1. The SMILES string of the molecule is CC(C)(C)CC(N)CC(=O)Cc1cc(Br)cs1. The monoisotopic (exact) mass is 317 g/mol. The van der Waals surface area contributed by atoms with Crippen molar-refractivity contribution < 1.29 is 4.79 Å². The maximum Gasteiger partial charge on any atom is 0.139 e. The number of halogens is 1. The van der Waals surface area contributed by atoms with Crippen molar-refractivity contribution in [1.29, 1.82) is 0 Å². The molecule has 2 nitrogen and oxygen atoms in total. The molecular formula is C13H20BrNOS. The lowest BCUT2D eigenvalue weighted by Gasteiger charge is -2.22. The average Bonchev–Trinajstić information content (AvgIpc) is 2.46. The Labute approximate surface area is 116 Å². The van der Waals surface area contributed by atoms with Gasteiger partial charge in [0.05, 0.1) is 0 Å². The van der Waals surface area contributed by atoms with E-state index in [0.717, 1.165) is 15.8 Å². The second-order valence-corrected chi connectivity index (χ2v) is 7.59. The quantitative estimate of drug-likeness (QED) is 0.898. The van der Waals surface area contributed by atoms with Crippen molar-refractivity contribution in [3.05, 3.63) is 20.8 Å². The first kappa shape index (κ1) is 14.9. The average molecular weight is 318 g/mol. The van der Waals surface area contributed by atoms with Crippen LogP contribution in [0.15, 0.2) is 15.9 Å². The smallest absolute Gasteiger partial charge is 0.139 e. The minimum absolute atomic E-state index is 0.0223. The first-order chi connectivity index (χ1) is 7.76. The molecule has 0 bridgehead atoms. The summed E-state index contributed by atoms with van der Waals surface area (Å²) in [4.78, 5) is 12.9. The van der Waals surface area contributed by atoms with Crippen LogP contribution in [0.4, 0.5) is 0 Å². The van der Waals surface area contributed by atoms with Crippen molar-refractivity contribution >= 4 is 33.0 Å². The van der Waals surface area contributed by atoms with Gasteiger partial charge in [0.1, 0.15) is 5.78 Å². The van der Waals surface area contributed by atoms with Gasteiger partial charge in [-0.3, -0.25) is 4.79 Å². The lowest BCUT2D eigenvalue weighted by molar-refractivity contribution is -0.118. The largest absolute Gasteiger partial charge is 0.327 e. The van der Waals surface area contributed by atoms with Crippen molar-refractivity contribution in [2.24, 2.45) is 11.1 Å². The number of carbonyl (C=O) groups is 1. The summed E-state index contributed by atoms with van der Waals surface area (Å²) < 4.78 is 1.05. The number of rotatable bonds is 5. The van der Waals surface area contributed by atoms with E-state index >= 15 is 0 Å². The Balaban J connectivity index is 2.39. The maximum atomic E-state index is 11.8. The molecule has 0 aromatic carbocycles. The molecule has 0 aliphatic rings. The van der Waals surface area contributed by atoms with E-state index in [0.29, 0.717) is 12.8 Å². The third-order valence-corrected chi connectivity index (χ3v) is 4.06. The van der Waals surface area contributed by atoms with Gasteiger partial charge >= 0.3 is 0 Å². The van der Waals surface area contributed by atoms with Crippen LogP contribution in [0.5, 0.6) is 0 Å². The van der Waals surface area contributed by atoms with Crippen molar-refractivity contribution in [3.8, 4) is 0 Å². The molecule has 17 heavy (non-hydrogen) atoms. The Morgan fingerprint density at radius 1 is 1.53 bits per heavy atom. The third kappa shape index (κ3) is 6.34. The molecule has 1 atom stereocenters. The fourth-order valence-corrected chi connectivity index (χ4v) is 3.34. The molecule has 1 unspecified atom stereocenters. The van der Waals surface area contributed by atoms with E-state index in [-0.39, 0.29) is 17.2 Å². The molecule has 0 aliphatic carbocycles. The van der Waals surface area contributed by atoms with E-state index in [1.54, 1.807) is 11.3 Å². The van der Waals surface area contributed by atoms with Crippen LogP contribution < -0.4 is 5.73 Å². The zero-order valence-electron chi connectivity index (χ0n) is 10.6. The normalized spacial score (nSPS) is 13.7. The number of hydrogen-bond donors (Lipinski definition) is 1. The predicted octanol–water partition coefficient (Wildman–Crippen LogP) is 3.78. The number of thiophene rings is 1. The molecule has 1 rings (SSSR count). The molecule has 4 heteroatoms. The van der Waals surface area contributed by atoms with Gasteiger partial charge in [-0.15, -0.1) is 11.3 Å². The van der Waals surface area contributed by atoms with Crippen LogP contribution in [0.3, 0.4) is 0 Å². The van der Waals surface area contributed by atoms with Crippen molar-refractivity contribution in [2.75, 3.05) is 0 Å². The maximum absolute atomic E-state index is 11.8. The Kier molecular flexibility index (Phi) is 5.35. The summed E-state index contributed by atoms with van der Waals surface area (Å²) in [6, 6.07) is 1.98. The van der Waals surface area contributed by atoms with Crippen LogP contribution in [-0.4, -0.2) is 11.8 Å². The lowest BCUT2D eigenvalue weighted by Crippen LogP contribution is -2.29. The molecule has 0 saturated heterocycles. The highest BCUT2D eigenvalue weighted by atomic mass is 79.9.